The zero-order valence-corrected chi connectivity index (χ0v) is 14.8. The van der Waals surface area contributed by atoms with Crippen LogP contribution in [0, 0.1) is 5.92 Å². The van der Waals surface area contributed by atoms with Crippen molar-refractivity contribution in [1.29, 1.82) is 0 Å². The van der Waals surface area contributed by atoms with Gasteiger partial charge >= 0.3 is 0 Å². The van der Waals surface area contributed by atoms with Gasteiger partial charge in [-0.05, 0) is 50.3 Å². The van der Waals surface area contributed by atoms with Gasteiger partial charge in [-0.2, -0.15) is 0 Å². The average Bonchev–Trinajstić information content (AvgIpc) is 3.45. The highest BCUT2D eigenvalue weighted by Crippen LogP contribution is 2.27. The molecule has 3 rings (SSSR count). The molecule has 1 saturated carbocycles. The molecule has 0 unspecified atom stereocenters. The van der Waals surface area contributed by atoms with E-state index in [0.29, 0.717) is 12.6 Å². The van der Waals surface area contributed by atoms with E-state index in [-0.39, 0.29) is 5.91 Å². The Morgan fingerprint density at radius 3 is 2.75 bits per heavy atom. The fourth-order valence-corrected chi connectivity index (χ4v) is 3.38. The number of likely N-dealkylation sites (tertiary alicyclic amines) is 1. The van der Waals surface area contributed by atoms with Gasteiger partial charge in [0.2, 0.25) is 5.91 Å². The number of carbonyl (C=O) groups is 1. The first-order valence-corrected chi connectivity index (χ1v) is 9.31. The second-order valence-electron chi connectivity index (χ2n) is 7.22. The standard InChI is InChI=1S/C19H30N4O/c1-22(19(24)15-20-14-16-5-6-16)18-8-12-23(13-9-18)11-7-17-4-2-3-10-21-17/h2-4,10,16,18,20H,5-9,11-15H2,1H3. The third-order valence-electron chi connectivity index (χ3n) is 5.31. The van der Waals surface area contributed by atoms with E-state index in [1.807, 2.05) is 30.3 Å². The Balaban J connectivity index is 1.33. The number of piperidine rings is 1. The molecule has 2 heterocycles. The number of carbonyl (C=O) groups excluding carboxylic acids is 1. The van der Waals surface area contributed by atoms with E-state index < -0.39 is 0 Å². The summed E-state index contributed by atoms with van der Waals surface area (Å²) in [5.74, 6) is 1.06. The van der Waals surface area contributed by atoms with Gasteiger partial charge in [0.05, 0.1) is 6.54 Å². The molecule has 1 aromatic rings. The minimum absolute atomic E-state index is 0.239. The maximum atomic E-state index is 12.3. The predicted molar refractivity (Wildman–Crippen MR) is 95.8 cm³/mol. The summed E-state index contributed by atoms with van der Waals surface area (Å²) in [7, 11) is 1.97. The van der Waals surface area contributed by atoms with Crippen LogP contribution in [0.15, 0.2) is 24.4 Å². The molecule has 5 heteroatoms. The summed E-state index contributed by atoms with van der Waals surface area (Å²) in [5, 5.41) is 3.31. The lowest BCUT2D eigenvalue weighted by Crippen LogP contribution is -2.48. The van der Waals surface area contributed by atoms with E-state index in [9.17, 15) is 4.79 Å². The molecule has 1 amide bonds. The van der Waals surface area contributed by atoms with Gasteiger partial charge in [-0.3, -0.25) is 9.78 Å². The molecule has 1 saturated heterocycles. The zero-order valence-electron chi connectivity index (χ0n) is 14.8. The summed E-state index contributed by atoms with van der Waals surface area (Å²) in [4.78, 5) is 21.1. The molecular formula is C19H30N4O. The molecule has 1 aliphatic heterocycles. The van der Waals surface area contributed by atoms with E-state index in [4.69, 9.17) is 0 Å². The van der Waals surface area contributed by atoms with Crippen LogP contribution < -0.4 is 5.32 Å². The molecule has 1 aromatic heterocycles. The van der Waals surface area contributed by atoms with Crippen molar-refractivity contribution in [2.75, 3.05) is 39.8 Å². The van der Waals surface area contributed by atoms with E-state index in [2.05, 4.69) is 21.3 Å². The molecule has 132 valence electrons. The number of rotatable bonds is 8. The molecule has 5 nitrogen and oxygen atoms in total. The summed E-state index contributed by atoms with van der Waals surface area (Å²) < 4.78 is 0. The third-order valence-corrected chi connectivity index (χ3v) is 5.31. The molecule has 0 radical (unpaired) electrons. The number of nitrogens with one attached hydrogen (secondary N) is 1. The molecule has 2 fully saturated rings. The van der Waals surface area contributed by atoms with Crippen molar-refractivity contribution in [3.63, 3.8) is 0 Å². The fourth-order valence-electron chi connectivity index (χ4n) is 3.38. The first-order chi connectivity index (χ1) is 11.7. The Bertz CT molecular complexity index is 509. The summed E-state index contributed by atoms with van der Waals surface area (Å²) in [6, 6.07) is 6.49. The van der Waals surface area contributed by atoms with Crippen LogP contribution in [0.5, 0.6) is 0 Å². The fraction of sp³-hybridized carbons (Fsp3) is 0.684. The van der Waals surface area contributed by atoms with Crippen molar-refractivity contribution in [3.8, 4) is 0 Å². The molecule has 0 aromatic carbocycles. The van der Waals surface area contributed by atoms with Crippen molar-refractivity contribution >= 4 is 5.91 Å². The van der Waals surface area contributed by atoms with Crippen molar-refractivity contribution in [3.05, 3.63) is 30.1 Å². The van der Waals surface area contributed by atoms with Crippen LogP contribution in [0.4, 0.5) is 0 Å². The number of likely N-dealkylation sites (N-methyl/N-ethyl adjacent to an activating group) is 1. The molecular weight excluding hydrogens is 300 g/mol. The van der Waals surface area contributed by atoms with Crippen LogP contribution in [0.25, 0.3) is 0 Å². The minimum Gasteiger partial charge on any atom is -0.342 e. The summed E-state index contributed by atoms with van der Waals surface area (Å²) >= 11 is 0. The molecule has 1 N–H and O–H groups in total. The Morgan fingerprint density at radius 2 is 2.08 bits per heavy atom. The highest BCUT2D eigenvalue weighted by atomic mass is 16.2. The lowest BCUT2D eigenvalue weighted by molar-refractivity contribution is -0.131. The van der Waals surface area contributed by atoms with Gasteiger partial charge in [0.15, 0.2) is 0 Å². The number of aromatic nitrogens is 1. The quantitative estimate of drug-likeness (QED) is 0.786. The molecule has 0 spiro atoms. The van der Waals surface area contributed by atoms with E-state index in [1.54, 1.807) is 0 Å². The first-order valence-electron chi connectivity index (χ1n) is 9.31. The van der Waals surface area contributed by atoms with Gasteiger partial charge in [-0.15, -0.1) is 0 Å². The van der Waals surface area contributed by atoms with Crippen LogP contribution in [0.3, 0.4) is 0 Å². The van der Waals surface area contributed by atoms with Crippen LogP contribution in [-0.2, 0) is 11.2 Å². The molecule has 2 aliphatic rings. The zero-order chi connectivity index (χ0) is 16.8. The van der Waals surface area contributed by atoms with Crippen molar-refractivity contribution in [2.24, 2.45) is 5.92 Å². The number of amides is 1. The van der Waals surface area contributed by atoms with Crippen molar-refractivity contribution in [2.45, 2.75) is 38.1 Å². The molecule has 0 bridgehead atoms. The second kappa shape index (κ2) is 8.58. The lowest BCUT2D eigenvalue weighted by atomic mass is 10.0. The smallest absolute Gasteiger partial charge is 0.236 e. The van der Waals surface area contributed by atoms with Crippen LogP contribution in [0.1, 0.15) is 31.4 Å². The number of nitrogens with zero attached hydrogens (tertiary/aromatic N) is 3. The van der Waals surface area contributed by atoms with Crippen LogP contribution >= 0.6 is 0 Å². The van der Waals surface area contributed by atoms with Crippen LogP contribution in [0.2, 0.25) is 0 Å². The van der Waals surface area contributed by atoms with Gasteiger partial charge in [-0.1, -0.05) is 6.07 Å². The van der Waals surface area contributed by atoms with Gasteiger partial charge < -0.3 is 15.1 Å². The predicted octanol–water partition coefficient (Wildman–Crippen LogP) is 1.55. The molecule has 24 heavy (non-hydrogen) atoms. The highest BCUT2D eigenvalue weighted by Gasteiger charge is 2.26. The normalized spacial score (nSPS) is 19.4. The number of hydrogen-bond acceptors (Lipinski definition) is 4. The van der Waals surface area contributed by atoms with Crippen molar-refractivity contribution < 1.29 is 4.79 Å². The Morgan fingerprint density at radius 1 is 1.29 bits per heavy atom. The van der Waals surface area contributed by atoms with Gasteiger partial charge in [-0.25, -0.2) is 0 Å². The summed E-state index contributed by atoms with van der Waals surface area (Å²) in [6.45, 7) is 4.71. The summed E-state index contributed by atoms with van der Waals surface area (Å²) in [6.07, 6.45) is 7.67. The van der Waals surface area contributed by atoms with E-state index in [1.165, 1.54) is 12.8 Å². The average molecular weight is 330 g/mol. The largest absolute Gasteiger partial charge is 0.342 e. The summed E-state index contributed by atoms with van der Waals surface area (Å²) in [5.41, 5.74) is 1.16. The Labute approximate surface area is 145 Å². The van der Waals surface area contributed by atoms with Gasteiger partial charge in [0, 0.05) is 51.0 Å². The van der Waals surface area contributed by atoms with Gasteiger partial charge in [0.25, 0.3) is 0 Å². The topological polar surface area (TPSA) is 48.5 Å². The Hall–Kier alpha value is -1.46. The lowest BCUT2D eigenvalue weighted by Gasteiger charge is -2.36. The monoisotopic (exact) mass is 330 g/mol. The van der Waals surface area contributed by atoms with E-state index in [0.717, 1.165) is 57.1 Å². The van der Waals surface area contributed by atoms with Crippen molar-refractivity contribution in [1.82, 2.24) is 20.1 Å². The minimum atomic E-state index is 0.239. The van der Waals surface area contributed by atoms with E-state index >= 15 is 0 Å². The molecule has 1 aliphatic carbocycles. The highest BCUT2D eigenvalue weighted by molar-refractivity contribution is 5.78. The van der Waals surface area contributed by atoms with Gasteiger partial charge in [0.1, 0.15) is 0 Å². The first kappa shape index (κ1) is 17.4. The maximum absolute atomic E-state index is 12.3. The SMILES string of the molecule is CN(C(=O)CNCC1CC1)C1CCN(CCc2ccccn2)CC1. The third kappa shape index (κ3) is 5.28. The maximum Gasteiger partial charge on any atom is 0.236 e. The number of hydrogen-bond donors (Lipinski definition) is 1. The number of pyridine rings is 1. The van der Waals surface area contributed by atoms with Crippen LogP contribution in [-0.4, -0.2) is 66.5 Å². The molecule has 0 atom stereocenters. The Kier molecular flexibility index (Phi) is 6.21. The second-order valence-corrected chi connectivity index (χ2v) is 7.22.